The van der Waals surface area contributed by atoms with E-state index < -0.39 is 0 Å². The minimum absolute atomic E-state index is 0.103. The van der Waals surface area contributed by atoms with Crippen molar-refractivity contribution in [2.75, 3.05) is 0 Å². The zero-order valence-electron chi connectivity index (χ0n) is 7.02. The molecule has 0 amide bonds. The number of rotatable bonds is 0. The molecule has 0 N–H and O–H groups in total. The molecule has 0 saturated carbocycles. The molecule has 0 aliphatic carbocycles. The highest BCUT2D eigenvalue weighted by molar-refractivity contribution is 7.19. The summed E-state index contributed by atoms with van der Waals surface area (Å²) in [5.41, 5.74) is 1.20. The fraction of sp³-hybridized carbons (Fsp3) is 0.200. The first-order chi connectivity index (χ1) is 5.70. The van der Waals surface area contributed by atoms with Gasteiger partial charge in [0.1, 0.15) is 5.82 Å². The summed E-state index contributed by atoms with van der Waals surface area (Å²) in [6.45, 7) is 4.06. The highest BCUT2D eigenvalue weighted by atomic mass is 32.1. The fourth-order valence-electron chi connectivity index (χ4n) is 1.33. The number of thiophene rings is 1. The van der Waals surface area contributed by atoms with Crippen LogP contribution in [0, 0.1) is 19.7 Å². The Morgan fingerprint density at radius 3 is 2.67 bits per heavy atom. The van der Waals surface area contributed by atoms with Crippen molar-refractivity contribution in [3.05, 3.63) is 34.5 Å². The van der Waals surface area contributed by atoms with Crippen molar-refractivity contribution in [3.63, 3.8) is 0 Å². The van der Waals surface area contributed by atoms with E-state index in [1.807, 2.05) is 19.9 Å². The molecule has 2 rings (SSSR count). The zero-order chi connectivity index (χ0) is 8.72. The Hall–Kier alpha value is -0.890. The fourth-order valence-corrected chi connectivity index (χ4v) is 2.39. The van der Waals surface area contributed by atoms with Crippen LogP contribution in [-0.2, 0) is 0 Å². The molecule has 0 nitrogen and oxygen atoms in total. The van der Waals surface area contributed by atoms with E-state index in [2.05, 4.69) is 0 Å². The third kappa shape index (κ3) is 0.950. The Balaban J connectivity index is 2.95. The van der Waals surface area contributed by atoms with E-state index >= 15 is 0 Å². The van der Waals surface area contributed by atoms with Gasteiger partial charge < -0.3 is 0 Å². The van der Waals surface area contributed by atoms with Gasteiger partial charge in [-0.1, -0.05) is 12.1 Å². The van der Waals surface area contributed by atoms with Gasteiger partial charge in [0.05, 0.1) is 4.70 Å². The number of aryl methyl sites for hydroxylation is 2. The van der Waals surface area contributed by atoms with Crippen molar-refractivity contribution < 1.29 is 4.39 Å². The lowest BCUT2D eigenvalue weighted by Crippen LogP contribution is -1.73. The number of hydrogen-bond acceptors (Lipinski definition) is 1. The molecule has 62 valence electrons. The third-order valence-electron chi connectivity index (χ3n) is 2.15. The molecule has 0 atom stereocenters. The molecule has 0 saturated heterocycles. The van der Waals surface area contributed by atoms with Gasteiger partial charge in [-0.3, -0.25) is 0 Å². The van der Waals surface area contributed by atoms with E-state index in [9.17, 15) is 4.39 Å². The van der Waals surface area contributed by atoms with Crippen LogP contribution in [-0.4, -0.2) is 0 Å². The lowest BCUT2D eigenvalue weighted by molar-refractivity contribution is 0.641. The van der Waals surface area contributed by atoms with Gasteiger partial charge in [0, 0.05) is 4.88 Å². The lowest BCUT2D eigenvalue weighted by atomic mass is 10.1. The molecule has 0 bridgehead atoms. The Morgan fingerprint density at radius 1 is 1.25 bits per heavy atom. The average Bonchev–Trinajstić information content (AvgIpc) is 2.32. The summed E-state index contributed by atoms with van der Waals surface area (Å²) >= 11 is 1.53. The first-order valence-corrected chi connectivity index (χ1v) is 4.66. The molecule has 12 heavy (non-hydrogen) atoms. The normalized spacial score (nSPS) is 10.9. The maximum atomic E-state index is 13.2. The van der Waals surface area contributed by atoms with Crippen LogP contribution in [0.2, 0.25) is 0 Å². The third-order valence-corrected chi connectivity index (χ3v) is 3.39. The van der Waals surface area contributed by atoms with Crippen molar-refractivity contribution in [1.82, 2.24) is 0 Å². The van der Waals surface area contributed by atoms with Crippen molar-refractivity contribution in [1.29, 1.82) is 0 Å². The van der Waals surface area contributed by atoms with Crippen LogP contribution in [0.25, 0.3) is 10.1 Å². The Bertz CT molecular complexity index is 429. The Kier molecular flexibility index (Phi) is 1.65. The monoisotopic (exact) mass is 180 g/mol. The predicted molar refractivity (Wildman–Crippen MR) is 51.3 cm³/mol. The molecular weight excluding hydrogens is 171 g/mol. The summed E-state index contributed by atoms with van der Waals surface area (Å²) < 4.78 is 14.0. The summed E-state index contributed by atoms with van der Waals surface area (Å²) in [5, 5.41) is 1.05. The first-order valence-electron chi connectivity index (χ1n) is 3.84. The molecule has 2 aromatic rings. The molecule has 2 heteroatoms. The van der Waals surface area contributed by atoms with Crippen LogP contribution in [0.1, 0.15) is 10.4 Å². The molecule has 1 aromatic carbocycles. The SMILES string of the molecule is Cc1sc2c(F)cccc2c1C. The van der Waals surface area contributed by atoms with Gasteiger partial charge in [0.2, 0.25) is 0 Å². The number of halogens is 1. The second kappa shape index (κ2) is 2.56. The lowest BCUT2D eigenvalue weighted by Gasteiger charge is -1.91. The van der Waals surface area contributed by atoms with Gasteiger partial charge in [-0.05, 0) is 30.9 Å². The summed E-state index contributed by atoms with van der Waals surface area (Å²) in [5.74, 6) is -0.103. The van der Waals surface area contributed by atoms with E-state index in [0.29, 0.717) is 0 Å². The first kappa shape index (κ1) is 7.74. The van der Waals surface area contributed by atoms with Crippen molar-refractivity contribution in [3.8, 4) is 0 Å². The van der Waals surface area contributed by atoms with Crippen LogP contribution < -0.4 is 0 Å². The summed E-state index contributed by atoms with van der Waals surface area (Å²) in [4.78, 5) is 1.20. The summed E-state index contributed by atoms with van der Waals surface area (Å²) in [6, 6.07) is 5.24. The number of fused-ring (bicyclic) bond motifs is 1. The molecule has 1 aromatic heterocycles. The van der Waals surface area contributed by atoms with Gasteiger partial charge in [0.15, 0.2) is 0 Å². The Labute approximate surface area is 74.6 Å². The van der Waals surface area contributed by atoms with E-state index in [1.54, 1.807) is 6.07 Å². The second-order valence-corrected chi connectivity index (χ2v) is 4.12. The molecular formula is C10H9FS. The van der Waals surface area contributed by atoms with E-state index in [-0.39, 0.29) is 5.82 Å². The number of benzene rings is 1. The molecule has 0 fully saturated rings. The highest BCUT2D eigenvalue weighted by Crippen LogP contribution is 2.31. The molecule has 0 aliphatic rings. The molecule has 0 spiro atoms. The molecule has 0 radical (unpaired) electrons. The molecule has 1 heterocycles. The second-order valence-electron chi connectivity index (χ2n) is 2.90. The van der Waals surface area contributed by atoms with Gasteiger partial charge in [-0.15, -0.1) is 11.3 Å². The van der Waals surface area contributed by atoms with Crippen molar-refractivity contribution in [2.45, 2.75) is 13.8 Å². The van der Waals surface area contributed by atoms with Crippen molar-refractivity contribution in [2.24, 2.45) is 0 Å². The zero-order valence-corrected chi connectivity index (χ0v) is 7.83. The van der Waals surface area contributed by atoms with Gasteiger partial charge in [0.25, 0.3) is 0 Å². The highest BCUT2D eigenvalue weighted by Gasteiger charge is 2.07. The quantitative estimate of drug-likeness (QED) is 0.580. The minimum Gasteiger partial charge on any atom is -0.205 e. The van der Waals surface area contributed by atoms with Gasteiger partial charge in [-0.25, -0.2) is 4.39 Å². The maximum Gasteiger partial charge on any atom is 0.141 e. The van der Waals surface area contributed by atoms with E-state index in [0.717, 1.165) is 10.1 Å². The molecule has 0 unspecified atom stereocenters. The average molecular weight is 180 g/mol. The van der Waals surface area contributed by atoms with E-state index in [4.69, 9.17) is 0 Å². The van der Waals surface area contributed by atoms with Crippen LogP contribution >= 0.6 is 11.3 Å². The summed E-state index contributed by atoms with van der Waals surface area (Å²) in [6.07, 6.45) is 0. The van der Waals surface area contributed by atoms with Crippen LogP contribution in [0.15, 0.2) is 18.2 Å². The van der Waals surface area contributed by atoms with Crippen LogP contribution in [0.3, 0.4) is 0 Å². The topological polar surface area (TPSA) is 0 Å². The molecule has 0 aliphatic heterocycles. The largest absolute Gasteiger partial charge is 0.205 e. The standard InChI is InChI=1S/C10H9FS/c1-6-7(2)12-10-8(6)4-3-5-9(10)11/h3-5H,1-2H3. The van der Waals surface area contributed by atoms with Crippen LogP contribution in [0.4, 0.5) is 4.39 Å². The van der Waals surface area contributed by atoms with Gasteiger partial charge in [-0.2, -0.15) is 0 Å². The number of hydrogen-bond donors (Lipinski definition) is 0. The summed E-state index contributed by atoms with van der Waals surface area (Å²) in [7, 11) is 0. The smallest absolute Gasteiger partial charge is 0.141 e. The van der Waals surface area contributed by atoms with Crippen LogP contribution in [0.5, 0.6) is 0 Å². The minimum atomic E-state index is -0.103. The van der Waals surface area contributed by atoms with Gasteiger partial charge >= 0.3 is 0 Å². The maximum absolute atomic E-state index is 13.2. The Morgan fingerprint density at radius 2 is 2.00 bits per heavy atom. The van der Waals surface area contributed by atoms with Crippen molar-refractivity contribution >= 4 is 21.4 Å². The predicted octanol–water partition coefficient (Wildman–Crippen LogP) is 3.66. The van der Waals surface area contributed by atoms with E-state index in [1.165, 1.54) is 27.8 Å².